The SMILES string of the molecule is CO[C@H]1C[C@@H](CN2CCCC2)N(c2ccc3nnc(C)n3n2)C1.Cl. The normalized spacial score (nSPS) is 24.7. The summed E-state index contributed by atoms with van der Waals surface area (Å²) in [5, 5.41) is 13.0. The van der Waals surface area contributed by atoms with Crippen molar-refractivity contribution in [1.29, 1.82) is 0 Å². The van der Waals surface area contributed by atoms with Gasteiger partial charge in [-0.05, 0) is 51.4 Å². The second-order valence-electron chi connectivity index (χ2n) is 6.62. The summed E-state index contributed by atoms with van der Waals surface area (Å²) < 4.78 is 7.46. The van der Waals surface area contributed by atoms with Crippen molar-refractivity contribution in [2.24, 2.45) is 0 Å². The molecule has 8 heteroatoms. The number of fused-ring (bicyclic) bond motifs is 1. The highest BCUT2D eigenvalue weighted by molar-refractivity contribution is 5.85. The molecular formula is C16H25ClN6O. The van der Waals surface area contributed by atoms with Crippen LogP contribution in [0.25, 0.3) is 5.65 Å². The lowest BCUT2D eigenvalue weighted by Gasteiger charge is -2.28. The van der Waals surface area contributed by atoms with Gasteiger partial charge >= 0.3 is 0 Å². The second-order valence-corrected chi connectivity index (χ2v) is 6.62. The van der Waals surface area contributed by atoms with Crippen LogP contribution >= 0.6 is 12.4 Å². The van der Waals surface area contributed by atoms with Gasteiger partial charge < -0.3 is 14.5 Å². The predicted molar refractivity (Wildman–Crippen MR) is 95.0 cm³/mol. The first-order chi connectivity index (χ1) is 11.2. The highest BCUT2D eigenvalue weighted by Gasteiger charge is 2.34. The van der Waals surface area contributed by atoms with Crippen LogP contribution in [0.4, 0.5) is 5.82 Å². The quantitative estimate of drug-likeness (QED) is 0.832. The number of nitrogens with zero attached hydrogens (tertiary/aromatic N) is 6. The number of methoxy groups -OCH3 is 1. The van der Waals surface area contributed by atoms with Gasteiger partial charge in [0.15, 0.2) is 11.5 Å². The number of aromatic nitrogens is 4. The average molecular weight is 353 g/mol. The molecule has 0 N–H and O–H groups in total. The number of rotatable bonds is 4. The van der Waals surface area contributed by atoms with E-state index in [4.69, 9.17) is 9.84 Å². The standard InChI is InChI=1S/C16H24N6O.ClH/c1-12-17-18-15-5-6-16(19-22(12)15)21-11-14(23-2)9-13(21)10-20-7-3-4-8-20;/h5-6,13-14H,3-4,7-11H2,1-2H3;1H/t13-,14-;/m0./s1. The fourth-order valence-electron chi connectivity index (χ4n) is 3.80. The fourth-order valence-corrected chi connectivity index (χ4v) is 3.80. The summed E-state index contributed by atoms with van der Waals surface area (Å²) in [7, 11) is 1.81. The van der Waals surface area contributed by atoms with Crippen molar-refractivity contribution in [2.45, 2.75) is 38.3 Å². The van der Waals surface area contributed by atoms with E-state index in [1.54, 1.807) is 0 Å². The van der Waals surface area contributed by atoms with Gasteiger partial charge in [0, 0.05) is 26.2 Å². The largest absolute Gasteiger partial charge is 0.380 e. The zero-order valence-corrected chi connectivity index (χ0v) is 15.1. The Kier molecular flexibility index (Phi) is 5.22. The third-order valence-corrected chi connectivity index (χ3v) is 5.08. The van der Waals surface area contributed by atoms with Crippen LogP contribution in [0, 0.1) is 6.92 Å². The topological polar surface area (TPSA) is 58.8 Å². The lowest BCUT2D eigenvalue weighted by atomic mass is 10.2. The molecule has 2 aromatic rings. The maximum atomic E-state index is 5.63. The number of likely N-dealkylation sites (tertiary alicyclic amines) is 1. The molecule has 0 spiro atoms. The van der Waals surface area contributed by atoms with Crippen molar-refractivity contribution in [3.63, 3.8) is 0 Å². The smallest absolute Gasteiger partial charge is 0.178 e. The Bertz CT molecular complexity index is 686. The number of aryl methyl sites for hydroxylation is 1. The van der Waals surface area contributed by atoms with Crippen LogP contribution in [-0.4, -0.2) is 70.1 Å². The second kappa shape index (κ2) is 7.21. The summed E-state index contributed by atoms with van der Waals surface area (Å²) in [5.41, 5.74) is 0.796. The van der Waals surface area contributed by atoms with Crippen molar-refractivity contribution in [1.82, 2.24) is 24.7 Å². The molecule has 132 valence electrons. The number of ether oxygens (including phenoxy) is 1. The van der Waals surface area contributed by atoms with Crippen LogP contribution in [0.15, 0.2) is 12.1 Å². The van der Waals surface area contributed by atoms with Crippen molar-refractivity contribution >= 4 is 23.9 Å². The van der Waals surface area contributed by atoms with Gasteiger partial charge in [0.2, 0.25) is 0 Å². The molecule has 2 aromatic heterocycles. The van der Waals surface area contributed by atoms with Gasteiger partial charge in [-0.2, -0.15) is 4.52 Å². The van der Waals surface area contributed by atoms with Gasteiger partial charge in [0.25, 0.3) is 0 Å². The third-order valence-electron chi connectivity index (χ3n) is 5.08. The fraction of sp³-hybridized carbons (Fsp3) is 0.688. The molecule has 2 aliphatic heterocycles. The van der Waals surface area contributed by atoms with Crippen LogP contribution in [0.5, 0.6) is 0 Å². The molecule has 0 amide bonds. The summed E-state index contributed by atoms with van der Waals surface area (Å²) in [6.45, 7) is 6.37. The zero-order chi connectivity index (χ0) is 15.8. The molecule has 0 bridgehead atoms. The highest BCUT2D eigenvalue weighted by atomic mass is 35.5. The molecule has 4 rings (SSSR count). The maximum Gasteiger partial charge on any atom is 0.178 e. The van der Waals surface area contributed by atoms with E-state index in [2.05, 4.69) is 26.1 Å². The van der Waals surface area contributed by atoms with E-state index >= 15 is 0 Å². The van der Waals surface area contributed by atoms with Crippen LogP contribution in [0.3, 0.4) is 0 Å². The molecular weight excluding hydrogens is 328 g/mol. The lowest BCUT2D eigenvalue weighted by molar-refractivity contribution is 0.116. The first-order valence-corrected chi connectivity index (χ1v) is 8.45. The molecule has 4 heterocycles. The minimum absolute atomic E-state index is 0. The van der Waals surface area contributed by atoms with Gasteiger partial charge in [0.05, 0.1) is 6.10 Å². The minimum atomic E-state index is 0. The Hall–Kier alpha value is -1.44. The van der Waals surface area contributed by atoms with E-state index < -0.39 is 0 Å². The Morgan fingerprint density at radius 2 is 2.00 bits per heavy atom. The van der Waals surface area contributed by atoms with Gasteiger partial charge in [-0.1, -0.05) is 0 Å². The molecule has 2 saturated heterocycles. The predicted octanol–water partition coefficient (Wildman–Crippen LogP) is 1.54. The Balaban J connectivity index is 0.00000169. The maximum absolute atomic E-state index is 5.63. The molecule has 7 nitrogen and oxygen atoms in total. The zero-order valence-electron chi connectivity index (χ0n) is 14.3. The van der Waals surface area contributed by atoms with Crippen molar-refractivity contribution in [3.8, 4) is 0 Å². The third kappa shape index (κ3) is 3.20. The molecule has 0 saturated carbocycles. The first kappa shape index (κ1) is 17.4. The number of hydrogen-bond acceptors (Lipinski definition) is 6. The number of anilines is 1. The molecule has 2 atom stereocenters. The van der Waals surface area contributed by atoms with Crippen molar-refractivity contribution < 1.29 is 4.74 Å². The van der Waals surface area contributed by atoms with Crippen molar-refractivity contribution in [3.05, 3.63) is 18.0 Å². The van der Waals surface area contributed by atoms with Crippen LogP contribution < -0.4 is 4.90 Å². The first-order valence-electron chi connectivity index (χ1n) is 8.45. The Labute approximate surface area is 148 Å². The van der Waals surface area contributed by atoms with E-state index in [-0.39, 0.29) is 18.5 Å². The number of hydrogen-bond donors (Lipinski definition) is 0. The average Bonchev–Trinajstić information content (AvgIpc) is 3.29. The van der Waals surface area contributed by atoms with Crippen LogP contribution in [0.2, 0.25) is 0 Å². The lowest BCUT2D eigenvalue weighted by Crippen LogP contribution is -2.40. The molecule has 0 unspecified atom stereocenters. The highest BCUT2D eigenvalue weighted by Crippen LogP contribution is 2.27. The Morgan fingerprint density at radius 3 is 2.75 bits per heavy atom. The molecule has 0 aliphatic carbocycles. The molecule has 2 aliphatic rings. The van der Waals surface area contributed by atoms with E-state index in [0.717, 1.165) is 36.8 Å². The van der Waals surface area contributed by atoms with E-state index in [9.17, 15) is 0 Å². The van der Waals surface area contributed by atoms with E-state index in [0.29, 0.717) is 6.04 Å². The summed E-state index contributed by atoms with van der Waals surface area (Å²) >= 11 is 0. The molecule has 0 aromatic carbocycles. The molecule has 24 heavy (non-hydrogen) atoms. The molecule has 0 radical (unpaired) electrons. The van der Waals surface area contributed by atoms with E-state index in [1.165, 1.54) is 25.9 Å². The summed E-state index contributed by atoms with van der Waals surface area (Å²) in [6.07, 6.45) is 3.99. The number of halogens is 1. The van der Waals surface area contributed by atoms with Gasteiger partial charge in [-0.15, -0.1) is 27.7 Å². The van der Waals surface area contributed by atoms with Gasteiger partial charge in [-0.3, -0.25) is 0 Å². The summed E-state index contributed by atoms with van der Waals surface area (Å²) in [5.74, 6) is 1.81. The van der Waals surface area contributed by atoms with Gasteiger partial charge in [-0.25, -0.2) is 0 Å². The van der Waals surface area contributed by atoms with E-state index in [1.807, 2.05) is 24.6 Å². The monoisotopic (exact) mass is 352 g/mol. The van der Waals surface area contributed by atoms with Crippen LogP contribution in [0.1, 0.15) is 25.1 Å². The van der Waals surface area contributed by atoms with Gasteiger partial charge in [0.1, 0.15) is 5.82 Å². The Morgan fingerprint density at radius 1 is 1.21 bits per heavy atom. The molecule has 2 fully saturated rings. The van der Waals surface area contributed by atoms with Crippen LogP contribution in [-0.2, 0) is 4.74 Å². The summed E-state index contributed by atoms with van der Waals surface area (Å²) in [6, 6.07) is 4.51. The van der Waals surface area contributed by atoms with Crippen molar-refractivity contribution in [2.75, 3.05) is 38.2 Å². The minimum Gasteiger partial charge on any atom is -0.380 e. The summed E-state index contributed by atoms with van der Waals surface area (Å²) in [4.78, 5) is 4.96.